The number of carbonyl (C=O) groups excluding carboxylic acids is 1. The fourth-order valence-corrected chi connectivity index (χ4v) is 2.37. The Morgan fingerprint density at radius 1 is 1.24 bits per heavy atom. The first-order valence-corrected chi connectivity index (χ1v) is 7.89. The summed E-state index contributed by atoms with van der Waals surface area (Å²) in [5.41, 5.74) is 1.42. The Morgan fingerprint density at radius 2 is 1.96 bits per heavy atom. The molecule has 132 valence electrons. The number of anilines is 2. The van der Waals surface area contributed by atoms with E-state index >= 15 is 0 Å². The highest BCUT2D eigenvalue weighted by atomic mass is 16.6. The SMILES string of the molecule is COCCCNc1ccc([N+](=O)[O-])cc1C(=O)N(C)c1ccccc1. The van der Waals surface area contributed by atoms with Gasteiger partial charge in [0.15, 0.2) is 0 Å². The number of para-hydroxylation sites is 1. The molecule has 0 spiro atoms. The summed E-state index contributed by atoms with van der Waals surface area (Å²) in [7, 11) is 3.26. The number of nitrogens with zero attached hydrogens (tertiary/aromatic N) is 2. The van der Waals surface area contributed by atoms with Gasteiger partial charge >= 0.3 is 0 Å². The largest absolute Gasteiger partial charge is 0.385 e. The molecule has 0 saturated heterocycles. The number of carbonyl (C=O) groups is 1. The Hall–Kier alpha value is -2.93. The van der Waals surface area contributed by atoms with Crippen molar-refractivity contribution in [1.82, 2.24) is 0 Å². The van der Waals surface area contributed by atoms with Crippen molar-refractivity contribution in [2.24, 2.45) is 0 Å². The first-order valence-electron chi connectivity index (χ1n) is 7.89. The first-order chi connectivity index (χ1) is 12.0. The lowest BCUT2D eigenvalue weighted by molar-refractivity contribution is -0.384. The van der Waals surface area contributed by atoms with Crippen LogP contribution in [0.3, 0.4) is 0 Å². The maximum absolute atomic E-state index is 12.9. The fraction of sp³-hybridized carbons (Fsp3) is 0.278. The molecule has 0 radical (unpaired) electrons. The number of non-ortho nitro benzene ring substituents is 1. The summed E-state index contributed by atoms with van der Waals surface area (Å²) in [6.45, 7) is 1.19. The van der Waals surface area contributed by atoms with Crippen molar-refractivity contribution in [3.05, 3.63) is 64.2 Å². The zero-order chi connectivity index (χ0) is 18.2. The summed E-state index contributed by atoms with van der Waals surface area (Å²) in [6, 6.07) is 13.4. The second-order valence-corrected chi connectivity index (χ2v) is 5.46. The molecule has 0 heterocycles. The molecular weight excluding hydrogens is 322 g/mol. The topological polar surface area (TPSA) is 84.7 Å². The number of benzene rings is 2. The van der Waals surface area contributed by atoms with E-state index in [-0.39, 0.29) is 17.2 Å². The molecule has 2 aromatic rings. The van der Waals surface area contributed by atoms with Gasteiger partial charge in [0, 0.05) is 50.8 Å². The highest BCUT2D eigenvalue weighted by molar-refractivity contribution is 6.09. The molecule has 0 unspecified atom stereocenters. The van der Waals surface area contributed by atoms with E-state index < -0.39 is 4.92 Å². The van der Waals surface area contributed by atoms with Crippen LogP contribution in [0.25, 0.3) is 0 Å². The summed E-state index contributed by atoms with van der Waals surface area (Å²) in [5, 5.41) is 14.2. The number of methoxy groups -OCH3 is 1. The van der Waals surface area contributed by atoms with E-state index in [0.29, 0.717) is 24.5 Å². The highest BCUT2D eigenvalue weighted by Gasteiger charge is 2.20. The molecule has 0 aliphatic heterocycles. The molecule has 1 amide bonds. The molecule has 0 aliphatic rings. The molecule has 2 aromatic carbocycles. The molecule has 7 nitrogen and oxygen atoms in total. The van der Waals surface area contributed by atoms with Gasteiger partial charge in [0.25, 0.3) is 11.6 Å². The number of ether oxygens (including phenoxy) is 1. The number of hydrogen-bond donors (Lipinski definition) is 1. The summed E-state index contributed by atoms with van der Waals surface area (Å²) in [4.78, 5) is 24.9. The molecule has 2 rings (SSSR count). The van der Waals surface area contributed by atoms with Gasteiger partial charge in [-0.2, -0.15) is 0 Å². The van der Waals surface area contributed by atoms with Crippen molar-refractivity contribution < 1.29 is 14.5 Å². The van der Waals surface area contributed by atoms with Gasteiger partial charge in [-0.1, -0.05) is 18.2 Å². The maximum atomic E-state index is 12.9. The number of hydrogen-bond acceptors (Lipinski definition) is 5. The van der Waals surface area contributed by atoms with E-state index in [2.05, 4.69) is 5.32 Å². The van der Waals surface area contributed by atoms with Gasteiger partial charge in [-0.05, 0) is 24.6 Å². The lowest BCUT2D eigenvalue weighted by Gasteiger charge is -2.19. The minimum atomic E-state index is -0.506. The normalized spacial score (nSPS) is 10.3. The van der Waals surface area contributed by atoms with E-state index in [0.717, 1.165) is 6.42 Å². The van der Waals surface area contributed by atoms with Gasteiger partial charge in [-0.3, -0.25) is 14.9 Å². The standard InChI is InChI=1S/C18H21N3O4/c1-20(14-7-4-3-5-8-14)18(22)16-13-15(21(23)24)9-10-17(16)19-11-6-12-25-2/h3-5,7-10,13,19H,6,11-12H2,1-2H3. The predicted octanol–water partition coefficient (Wildman–Crippen LogP) is 3.32. The van der Waals surface area contributed by atoms with Crippen LogP contribution in [0, 0.1) is 10.1 Å². The lowest BCUT2D eigenvalue weighted by Crippen LogP contribution is -2.27. The van der Waals surface area contributed by atoms with Gasteiger partial charge in [-0.25, -0.2) is 0 Å². The maximum Gasteiger partial charge on any atom is 0.270 e. The van der Waals surface area contributed by atoms with Gasteiger partial charge in [0.2, 0.25) is 0 Å². The average molecular weight is 343 g/mol. The van der Waals surface area contributed by atoms with Crippen LogP contribution in [0.1, 0.15) is 16.8 Å². The molecule has 1 N–H and O–H groups in total. The van der Waals surface area contributed by atoms with Crippen molar-refractivity contribution in [2.45, 2.75) is 6.42 Å². The zero-order valence-electron chi connectivity index (χ0n) is 14.3. The van der Waals surface area contributed by atoms with Crippen molar-refractivity contribution in [3.63, 3.8) is 0 Å². The van der Waals surface area contributed by atoms with Gasteiger partial charge in [-0.15, -0.1) is 0 Å². The van der Waals surface area contributed by atoms with Crippen molar-refractivity contribution in [2.75, 3.05) is 37.5 Å². The average Bonchev–Trinajstić information content (AvgIpc) is 2.64. The Balaban J connectivity index is 2.29. The molecule has 0 fully saturated rings. The molecule has 7 heteroatoms. The minimum absolute atomic E-state index is 0.118. The number of nitro groups is 1. The van der Waals surface area contributed by atoms with E-state index in [1.807, 2.05) is 18.2 Å². The Bertz CT molecular complexity index is 734. The molecule has 0 aromatic heterocycles. The van der Waals surface area contributed by atoms with Crippen LogP contribution in [0.5, 0.6) is 0 Å². The van der Waals surface area contributed by atoms with Gasteiger partial charge in [0.05, 0.1) is 10.5 Å². The summed E-state index contributed by atoms with van der Waals surface area (Å²) >= 11 is 0. The quantitative estimate of drug-likeness (QED) is 0.451. The molecule has 0 aliphatic carbocycles. The lowest BCUT2D eigenvalue weighted by atomic mass is 10.1. The van der Waals surface area contributed by atoms with Gasteiger partial charge < -0.3 is 15.0 Å². The molecule has 0 saturated carbocycles. The Morgan fingerprint density at radius 3 is 2.60 bits per heavy atom. The molecule has 0 bridgehead atoms. The number of nitrogens with one attached hydrogen (secondary N) is 1. The Kier molecular flexibility index (Phi) is 6.47. The van der Waals surface area contributed by atoms with Crippen LogP contribution in [0.4, 0.5) is 17.1 Å². The van der Waals surface area contributed by atoms with Crippen LogP contribution < -0.4 is 10.2 Å². The van der Waals surface area contributed by atoms with Crippen LogP contribution in [0.15, 0.2) is 48.5 Å². The van der Waals surface area contributed by atoms with Crippen LogP contribution >= 0.6 is 0 Å². The smallest absolute Gasteiger partial charge is 0.270 e. The Labute approximate surface area is 146 Å². The van der Waals surface area contributed by atoms with E-state index in [4.69, 9.17) is 4.74 Å². The fourth-order valence-electron chi connectivity index (χ4n) is 2.37. The summed E-state index contributed by atoms with van der Waals surface area (Å²) in [6.07, 6.45) is 0.760. The van der Waals surface area contributed by atoms with Gasteiger partial charge in [0.1, 0.15) is 0 Å². The van der Waals surface area contributed by atoms with Crippen LogP contribution in [0.2, 0.25) is 0 Å². The molecular formula is C18H21N3O4. The van der Waals surface area contributed by atoms with Crippen molar-refractivity contribution in [3.8, 4) is 0 Å². The summed E-state index contributed by atoms with van der Waals surface area (Å²) in [5.74, 6) is -0.316. The second-order valence-electron chi connectivity index (χ2n) is 5.46. The van der Waals surface area contributed by atoms with Crippen molar-refractivity contribution in [1.29, 1.82) is 0 Å². The first kappa shape index (κ1) is 18.4. The van der Waals surface area contributed by atoms with Crippen LogP contribution in [-0.4, -0.2) is 38.1 Å². The minimum Gasteiger partial charge on any atom is -0.385 e. The van der Waals surface area contributed by atoms with E-state index in [1.54, 1.807) is 32.4 Å². The summed E-state index contributed by atoms with van der Waals surface area (Å²) < 4.78 is 5.00. The molecule has 0 atom stereocenters. The predicted molar refractivity (Wildman–Crippen MR) is 97.3 cm³/mol. The van der Waals surface area contributed by atoms with Crippen LogP contribution in [-0.2, 0) is 4.74 Å². The number of nitro benzene ring substituents is 1. The highest BCUT2D eigenvalue weighted by Crippen LogP contribution is 2.25. The van der Waals surface area contributed by atoms with E-state index in [9.17, 15) is 14.9 Å². The van der Waals surface area contributed by atoms with Crippen molar-refractivity contribution >= 4 is 23.0 Å². The third-order valence-corrected chi connectivity index (χ3v) is 3.73. The molecule has 25 heavy (non-hydrogen) atoms. The third kappa shape index (κ3) is 4.77. The monoisotopic (exact) mass is 343 g/mol. The zero-order valence-corrected chi connectivity index (χ0v) is 14.3. The third-order valence-electron chi connectivity index (χ3n) is 3.73. The number of amides is 1. The number of rotatable bonds is 8. The second kappa shape index (κ2) is 8.79. The van der Waals surface area contributed by atoms with E-state index in [1.165, 1.54) is 17.0 Å².